The van der Waals surface area contributed by atoms with E-state index in [1.165, 1.54) is 0 Å². The highest BCUT2D eigenvalue weighted by Gasteiger charge is 2.42. The van der Waals surface area contributed by atoms with E-state index in [9.17, 15) is 4.89 Å². The van der Waals surface area contributed by atoms with E-state index in [0.717, 1.165) is 17.7 Å². The Kier molecular flexibility index (Phi) is 7.60. The van der Waals surface area contributed by atoms with E-state index < -0.39 is 16.2 Å². The van der Waals surface area contributed by atoms with Crippen molar-refractivity contribution in [2.24, 2.45) is 0 Å². The maximum atomic E-state index is 10.9. The summed E-state index contributed by atoms with van der Waals surface area (Å²) in [5, 5.41) is 0. The van der Waals surface area contributed by atoms with Crippen molar-refractivity contribution < 1.29 is 14.2 Å². The van der Waals surface area contributed by atoms with Crippen molar-refractivity contribution in [2.45, 2.75) is 24.7 Å². The third kappa shape index (κ3) is 5.94. The lowest BCUT2D eigenvalue weighted by atomic mass is 10.3. The molecule has 0 heterocycles. The molecule has 0 aromatic heterocycles. The summed E-state index contributed by atoms with van der Waals surface area (Å²) in [5.41, 5.74) is -3.06. The third-order valence-electron chi connectivity index (χ3n) is 3.09. The van der Waals surface area contributed by atoms with Gasteiger partial charge in [0.15, 0.2) is 4.90 Å². The van der Waals surface area contributed by atoms with E-state index in [2.05, 4.69) is 6.92 Å². The molecule has 3 nitrogen and oxygen atoms in total. The lowest BCUT2D eigenvalue weighted by Crippen LogP contribution is -2.15. The topological polar surface area (TPSA) is 38.7 Å². The summed E-state index contributed by atoms with van der Waals surface area (Å²) in [6.07, 6.45) is 2.08. The summed E-state index contributed by atoms with van der Waals surface area (Å²) in [4.78, 5) is 11.9. The minimum absolute atomic E-state index is 0.393. The van der Waals surface area contributed by atoms with Gasteiger partial charge < -0.3 is 9.26 Å². The van der Waals surface area contributed by atoms with Crippen molar-refractivity contribution in [3.8, 4) is 5.75 Å². The third-order valence-corrected chi connectivity index (χ3v) is 9.99. The van der Waals surface area contributed by atoms with Gasteiger partial charge in [-0.2, -0.15) is 0 Å². The Labute approximate surface area is 145 Å². The van der Waals surface area contributed by atoms with Gasteiger partial charge in [0, 0.05) is 11.8 Å². The first-order valence-corrected chi connectivity index (χ1v) is 12.2. The predicted molar refractivity (Wildman–Crippen MR) is 101 cm³/mol. The summed E-state index contributed by atoms with van der Waals surface area (Å²) < 4.78 is 11.5. The van der Waals surface area contributed by atoms with Gasteiger partial charge in [-0.05, 0) is 30.7 Å². The Morgan fingerprint density at radius 2 is 1.65 bits per heavy atom. The molecule has 0 saturated heterocycles. The van der Waals surface area contributed by atoms with Crippen molar-refractivity contribution in [2.75, 3.05) is 12.5 Å². The fraction of sp³-hybridized carbons (Fsp3) is 0.294. The van der Waals surface area contributed by atoms with E-state index in [1.54, 1.807) is 0 Å². The van der Waals surface area contributed by atoms with Gasteiger partial charge in [-0.3, -0.25) is 4.89 Å². The summed E-state index contributed by atoms with van der Waals surface area (Å²) in [6, 6.07) is 19.0. The molecule has 0 radical (unpaired) electrons. The molecule has 6 heteroatoms. The highest BCUT2D eigenvalue weighted by atomic mass is 32.9. The maximum absolute atomic E-state index is 10.9. The standard InChI is InChI=1S/C17H21O3PS2/c1-2-3-14-19-15-23(17-12-8-5-9-13-17)21(18,22)20-16-10-6-4-7-11-16/h4-13H,2-3,14-15H2,1H3/p+1. The Hall–Kier alpha value is -0.840. The molecule has 1 N–H and O–H groups in total. The molecule has 124 valence electrons. The number of para-hydroxylation sites is 1. The van der Waals surface area contributed by atoms with Crippen LogP contribution < -0.4 is 4.52 Å². The molecule has 0 spiro atoms. The molecule has 0 amide bonds. The SMILES string of the molecule is CCCCOC[S+](c1ccccc1)P(O)(=S)Oc1ccccc1. The molecule has 0 bridgehead atoms. The van der Waals surface area contributed by atoms with Crippen molar-refractivity contribution in [1.29, 1.82) is 0 Å². The van der Waals surface area contributed by atoms with Crippen LogP contribution in [-0.4, -0.2) is 17.4 Å². The van der Waals surface area contributed by atoms with E-state index in [1.807, 2.05) is 60.7 Å². The van der Waals surface area contributed by atoms with Gasteiger partial charge in [0.05, 0.1) is 6.61 Å². The smallest absolute Gasteiger partial charge is 0.408 e. The minimum Gasteiger partial charge on any atom is -0.408 e. The van der Waals surface area contributed by atoms with Crippen LogP contribution >= 0.6 is 5.69 Å². The number of benzene rings is 2. The van der Waals surface area contributed by atoms with Crippen LogP contribution in [0.25, 0.3) is 0 Å². The van der Waals surface area contributed by atoms with Crippen molar-refractivity contribution in [1.82, 2.24) is 0 Å². The van der Waals surface area contributed by atoms with Crippen LogP contribution in [0.1, 0.15) is 19.8 Å². The zero-order valence-electron chi connectivity index (χ0n) is 13.1. The molecule has 2 aromatic carbocycles. The quantitative estimate of drug-likeness (QED) is 0.394. The lowest BCUT2D eigenvalue weighted by Gasteiger charge is -2.17. The van der Waals surface area contributed by atoms with Crippen molar-refractivity contribution in [3.63, 3.8) is 0 Å². The van der Waals surface area contributed by atoms with Crippen LogP contribution in [0.2, 0.25) is 0 Å². The molecular formula is C17H22O3PS2+. The first-order valence-electron chi connectivity index (χ1n) is 7.55. The summed E-state index contributed by atoms with van der Waals surface area (Å²) in [5.74, 6) is 0.991. The van der Waals surface area contributed by atoms with Gasteiger partial charge in [0.2, 0.25) is 5.94 Å². The van der Waals surface area contributed by atoms with Crippen LogP contribution in [0.5, 0.6) is 5.75 Å². The van der Waals surface area contributed by atoms with Gasteiger partial charge in [0.1, 0.15) is 16.3 Å². The highest BCUT2D eigenvalue weighted by Crippen LogP contribution is 2.54. The van der Waals surface area contributed by atoms with Crippen LogP contribution in [0.4, 0.5) is 0 Å². The number of hydrogen-bond donors (Lipinski definition) is 1. The molecule has 2 aromatic rings. The Balaban J connectivity index is 2.16. The molecule has 0 aliphatic heterocycles. The summed E-state index contributed by atoms with van der Waals surface area (Å²) in [7, 11) is -0.665. The van der Waals surface area contributed by atoms with Gasteiger partial charge in [-0.15, -0.1) is 0 Å². The minimum atomic E-state index is -3.06. The fourth-order valence-electron chi connectivity index (χ4n) is 1.89. The lowest BCUT2D eigenvalue weighted by molar-refractivity contribution is 0.177. The maximum Gasteiger partial charge on any atom is 0.455 e. The first kappa shape index (κ1) is 18.5. The molecule has 2 unspecified atom stereocenters. The second-order valence-corrected chi connectivity index (χ2v) is 12.5. The molecule has 2 atom stereocenters. The average Bonchev–Trinajstić information content (AvgIpc) is 2.56. The van der Waals surface area contributed by atoms with Gasteiger partial charge in [-0.1, -0.05) is 49.7 Å². The molecular weight excluding hydrogens is 347 g/mol. The number of unbranched alkanes of at least 4 members (excludes halogenated alkanes) is 1. The van der Waals surface area contributed by atoms with Gasteiger partial charge in [-0.25, -0.2) is 0 Å². The Morgan fingerprint density at radius 1 is 1.04 bits per heavy atom. The van der Waals surface area contributed by atoms with E-state index in [4.69, 9.17) is 21.1 Å². The first-order chi connectivity index (χ1) is 11.1. The second-order valence-electron chi connectivity index (χ2n) is 4.93. The fourth-order valence-corrected chi connectivity index (χ4v) is 7.39. The van der Waals surface area contributed by atoms with Gasteiger partial charge in [0.25, 0.3) is 0 Å². The van der Waals surface area contributed by atoms with E-state index >= 15 is 0 Å². The Bertz CT molecular complexity index is 622. The van der Waals surface area contributed by atoms with Crippen LogP contribution in [0.3, 0.4) is 0 Å². The van der Waals surface area contributed by atoms with Crippen LogP contribution in [0.15, 0.2) is 65.6 Å². The molecule has 23 heavy (non-hydrogen) atoms. The van der Waals surface area contributed by atoms with E-state index in [0.29, 0.717) is 18.3 Å². The zero-order valence-corrected chi connectivity index (χ0v) is 15.7. The van der Waals surface area contributed by atoms with Gasteiger partial charge >= 0.3 is 5.69 Å². The number of hydrogen-bond acceptors (Lipinski definition) is 3. The van der Waals surface area contributed by atoms with Crippen LogP contribution in [-0.2, 0) is 27.1 Å². The highest BCUT2D eigenvalue weighted by molar-refractivity contribution is 8.65. The van der Waals surface area contributed by atoms with Crippen molar-refractivity contribution >= 4 is 28.0 Å². The normalized spacial score (nSPS) is 14.9. The largest absolute Gasteiger partial charge is 0.455 e. The predicted octanol–water partition coefficient (Wildman–Crippen LogP) is 4.73. The molecule has 0 saturated carbocycles. The Morgan fingerprint density at radius 3 is 2.26 bits per heavy atom. The molecule has 2 rings (SSSR count). The van der Waals surface area contributed by atoms with Crippen molar-refractivity contribution in [3.05, 3.63) is 60.7 Å². The monoisotopic (exact) mass is 369 g/mol. The summed E-state index contributed by atoms with van der Waals surface area (Å²) >= 11 is 5.48. The number of rotatable bonds is 9. The molecule has 0 fully saturated rings. The second kappa shape index (κ2) is 9.45. The molecule has 0 aliphatic rings. The summed E-state index contributed by atoms with van der Waals surface area (Å²) in [6.45, 7) is 2.79. The average molecular weight is 369 g/mol. The zero-order chi connectivity index (χ0) is 16.5. The molecule has 0 aliphatic carbocycles. The number of ether oxygens (including phenoxy) is 1. The van der Waals surface area contributed by atoms with E-state index in [-0.39, 0.29) is 0 Å². The van der Waals surface area contributed by atoms with Crippen LogP contribution in [0, 0.1) is 0 Å².